The summed E-state index contributed by atoms with van der Waals surface area (Å²) in [5.41, 5.74) is 10.1. The van der Waals surface area contributed by atoms with Crippen LogP contribution in [0.25, 0.3) is 0 Å². The molecule has 10 nitrogen and oxygen atoms in total. The Morgan fingerprint density at radius 3 is 2.41 bits per heavy atom. The number of oxime groups is 2. The van der Waals surface area contributed by atoms with Crippen molar-refractivity contribution in [2.45, 2.75) is 64.3 Å². The maximum absolute atomic E-state index is 13.6. The van der Waals surface area contributed by atoms with Gasteiger partial charge in [0.2, 0.25) is 5.91 Å². The molecule has 4 rings (SSSR count). The maximum atomic E-state index is 13.6. The van der Waals surface area contributed by atoms with Crippen LogP contribution in [0, 0.1) is 13.8 Å². The molecule has 1 atom stereocenters. The zero-order chi connectivity index (χ0) is 33.2. The highest BCUT2D eigenvalue weighted by molar-refractivity contribution is 6.42. The molecule has 12 heteroatoms. The molecule has 2 aromatic carbocycles. The maximum Gasteiger partial charge on any atom is 0.253 e. The number of benzene rings is 2. The minimum Gasteiger partial charge on any atom is -0.398 e. The molecule has 0 radical (unpaired) electrons. The molecule has 2 amide bonds. The highest BCUT2D eigenvalue weighted by Gasteiger charge is 2.30. The van der Waals surface area contributed by atoms with Crippen molar-refractivity contribution in [2.24, 2.45) is 16.0 Å². The van der Waals surface area contributed by atoms with Gasteiger partial charge in [-0.25, -0.2) is 0 Å². The van der Waals surface area contributed by atoms with Crippen molar-refractivity contribution in [1.82, 2.24) is 14.7 Å². The zero-order valence-corrected chi connectivity index (χ0v) is 28.8. The average molecular weight is 674 g/mol. The first-order valence-electron chi connectivity index (χ1n) is 15.9. The number of nitrogens with two attached hydrogens (primary N) is 1. The van der Waals surface area contributed by atoms with Crippen molar-refractivity contribution >= 4 is 46.6 Å². The van der Waals surface area contributed by atoms with E-state index in [2.05, 4.69) is 20.1 Å². The number of carbonyl (C=O) groups is 2. The summed E-state index contributed by atoms with van der Waals surface area (Å²) < 4.78 is 0. The number of hydrogen-bond acceptors (Lipinski definition) is 7. The topological polar surface area (TPSA) is 113 Å². The van der Waals surface area contributed by atoms with Crippen LogP contribution in [0.5, 0.6) is 0 Å². The van der Waals surface area contributed by atoms with Gasteiger partial charge in [-0.05, 0) is 82.3 Å². The lowest BCUT2D eigenvalue weighted by atomic mass is 9.89. The van der Waals surface area contributed by atoms with Gasteiger partial charge in [0.15, 0.2) is 12.4 Å². The van der Waals surface area contributed by atoms with Gasteiger partial charge < -0.3 is 30.1 Å². The third kappa shape index (κ3) is 9.83. The minimum atomic E-state index is -0.244. The number of piperidine rings is 2. The lowest BCUT2D eigenvalue weighted by molar-refractivity contribution is -0.136. The normalized spacial score (nSPS) is 17.6. The van der Waals surface area contributed by atoms with Gasteiger partial charge in [-0.3, -0.25) is 9.59 Å². The molecule has 2 fully saturated rings. The Kier molecular flexibility index (Phi) is 13.1. The van der Waals surface area contributed by atoms with Crippen LogP contribution in [-0.2, 0) is 14.5 Å². The van der Waals surface area contributed by atoms with E-state index >= 15 is 0 Å². The Hall–Kier alpha value is -3.34. The zero-order valence-electron chi connectivity index (χ0n) is 27.3. The van der Waals surface area contributed by atoms with E-state index in [1.807, 2.05) is 44.2 Å². The SMILES string of the molecule is CO/N=C(\N)CO/N=C(\CN(C)C(=O)c1cc(C)cc(C)c1)C(CCN1CCC(N2CCCCC2=O)CC1)c1ccc(Cl)c(Cl)c1. The Bertz CT molecular complexity index is 1410. The van der Waals surface area contributed by atoms with E-state index < -0.39 is 0 Å². The van der Waals surface area contributed by atoms with Crippen LogP contribution >= 0.6 is 23.2 Å². The second-order valence-electron chi connectivity index (χ2n) is 12.3. The number of aryl methyl sites for hydroxylation is 2. The Morgan fingerprint density at radius 1 is 1.04 bits per heavy atom. The predicted octanol–water partition coefficient (Wildman–Crippen LogP) is 5.62. The molecule has 2 N–H and O–H groups in total. The lowest BCUT2D eigenvalue weighted by Crippen LogP contribution is -2.49. The van der Waals surface area contributed by atoms with E-state index in [1.165, 1.54) is 7.11 Å². The monoisotopic (exact) mass is 672 g/mol. The van der Waals surface area contributed by atoms with Crippen molar-refractivity contribution in [3.05, 3.63) is 68.7 Å². The molecule has 0 spiro atoms. The fraction of sp³-hybridized carbons (Fsp3) is 0.529. The number of nitrogens with zero attached hydrogens (tertiary/aromatic N) is 5. The second-order valence-corrected chi connectivity index (χ2v) is 13.1. The third-order valence-electron chi connectivity index (χ3n) is 8.66. The van der Waals surface area contributed by atoms with E-state index in [0.717, 1.165) is 68.6 Å². The summed E-state index contributed by atoms with van der Waals surface area (Å²) >= 11 is 12.8. The van der Waals surface area contributed by atoms with Crippen LogP contribution in [0.15, 0.2) is 46.7 Å². The molecular formula is C34H46Cl2N6O4. The van der Waals surface area contributed by atoms with E-state index in [9.17, 15) is 9.59 Å². The third-order valence-corrected chi connectivity index (χ3v) is 9.40. The highest BCUT2D eigenvalue weighted by Crippen LogP contribution is 2.31. The van der Waals surface area contributed by atoms with E-state index in [1.54, 1.807) is 18.0 Å². The summed E-state index contributed by atoms with van der Waals surface area (Å²) in [6.45, 7) is 7.54. The Morgan fingerprint density at radius 2 is 1.76 bits per heavy atom. The first-order chi connectivity index (χ1) is 22.0. The largest absolute Gasteiger partial charge is 0.398 e. The van der Waals surface area contributed by atoms with Crippen molar-refractivity contribution < 1.29 is 19.3 Å². The van der Waals surface area contributed by atoms with Crippen molar-refractivity contribution in [3.63, 3.8) is 0 Å². The molecular weight excluding hydrogens is 627 g/mol. The lowest BCUT2D eigenvalue weighted by Gasteiger charge is -2.40. The van der Waals surface area contributed by atoms with Crippen LogP contribution in [0.4, 0.5) is 0 Å². The molecule has 1 unspecified atom stereocenters. The summed E-state index contributed by atoms with van der Waals surface area (Å²) in [4.78, 5) is 42.7. The van der Waals surface area contributed by atoms with Crippen molar-refractivity contribution in [3.8, 4) is 0 Å². The number of rotatable bonds is 13. The fourth-order valence-corrected chi connectivity index (χ4v) is 6.70. The standard InChI is InChI=1S/C34H46Cl2N6O4/c1-23-17-24(2)19-26(18-23)34(44)40(3)21-31(38-46-22-32(37)39-45-4)28(25-8-9-29(35)30(36)20-25)12-16-41-14-10-27(11-15-41)42-13-6-5-7-33(42)43/h8-9,17-20,27-28H,5-7,10-16,21-22H2,1-4H3,(H2,37,39)/b38-31+. The number of hydrogen-bond donors (Lipinski definition) is 1. The van der Waals surface area contributed by atoms with Crippen LogP contribution in [0.3, 0.4) is 0 Å². The van der Waals surface area contributed by atoms with Crippen molar-refractivity contribution in [2.75, 3.05) is 53.5 Å². The number of carbonyl (C=O) groups excluding carboxylic acids is 2. The van der Waals surface area contributed by atoms with Gasteiger partial charge in [-0.15, -0.1) is 0 Å². The van der Waals surface area contributed by atoms with Gasteiger partial charge in [0, 0.05) is 50.6 Å². The molecule has 2 aromatic rings. The van der Waals surface area contributed by atoms with Gasteiger partial charge in [0.25, 0.3) is 5.91 Å². The highest BCUT2D eigenvalue weighted by atomic mass is 35.5. The van der Waals surface area contributed by atoms with Crippen LogP contribution in [0.1, 0.15) is 71.5 Å². The Balaban J connectivity index is 1.56. The smallest absolute Gasteiger partial charge is 0.253 e. The number of likely N-dealkylation sites (tertiary alicyclic amines) is 2. The number of amides is 2. The number of halogens is 2. The van der Waals surface area contributed by atoms with Crippen LogP contribution < -0.4 is 5.73 Å². The molecule has 2 saturated heterocycles. The molecule has 0 saturated carbocycles. The molecule has 2 heterocycles. The molecule has 46 heavy (non-hydrogen) atoms. The first-order valence-corrected chi connectivity index (χ1v) is 16.7. The minimum absolute atomic E-state index is 0.0805. The van der Waals surface area contributed by atoms with Crippen molar-refractivity contribution in [1.29, 1.82) is 0 Å². The van der Waals surface area contributed by atoms with Crippen LogP contribution in [0.2, 0.25) is 10.0 Å². The number of amidine groups is 1. The van der Waals surface area contributed by atoms with Gasteiger partial charge in [0.05, 0.1) is 22.3 Å². The molecule has 250 valence electrons. The van der Waals surface area contributed by atoms with Gasteiger partial charge in [-0.2, -0.15) is 0 Å². The molecule has 0 aliphatic carbocycles. The van der Waals surface area contributed by atoms with Crippen LogP contribution in [-0.4, -0.2) is 97.6 Å². The molecule has 2 aliphatic heterocycles. The second kappa shape index (κ2) is 17.0. The quantitative estimate of drug-likeness (QED) is 0.168. The summed E-state index contributed by atoms with van der Waals surface area (Å²) in [7, 11) is 3.16. The van der Waals surface area contributed by atoms with E-state index in [-0.39, 0.29) is 30.8 Å². The van der Waals surface area contributed by atoms with E-state index in [4.69, 9.17) is 38.6 Å². The molecule has 0 aromatic heterocycles. The summed E-state index contributed by atoms with van der Waals surface area (Å²) in [5.74, 6) is 0.0562. The fourth-order valence-electron chi connectivity index (χ4n) is 6.39. The molecule has 2 aliphatic rings. The average Bonchev–Trinajstić information content (AvgIpc) is 3.02. The summed E-state index contributed by atoms with van der Waals surface area (Å²) in [6, 6.07) is 11.7. The van der Waals surface area contributed by atoms with Gasteiger partial charge in [-0.1, -0.05) is 56.8 Å². The van der Waals surface area contributed by atoms with Gasteiger partial charge >= 0.3 is 0 Å². The molecule has 0 bridgehead atoms. The summed E-state index contributed by atoms with van der Waals surface area (Å²) in [6.07, 6.45) is 5.36. The summed E-state index contributed by atoms with van der Waals surface area (Å²) in [5, 5.41) is 9.14. The first kappa shape index (κ1) is 35.5. The van der Waals surface area contributed by atoms with E-state index in [0.29, 0.717) is 46.1 Å². The van der Waals surface area contributed by atoms with Gasteiger partial charge in [0.1, 0.15) is 7.11 Å². The predicted molar refractivity (Wildman–Crippen MR) is 184 cm³/mol. The Labute approximate surface area is 282 Å².